The molecule has 6 nitrogen and oxygen atoms in total. The van der Waals surface area contributed by atoms with Gasteiger partial charge in [-0.15, -0.1) is 0 Å². The fourth-order valence-electron chi connectivity index (χ4n) is 2.14. The molecule has 0 bridgehead atoms. The lowest BCUT2D eigenvalue weighted by Crippen LogP contribution is -2.19. The van der Waals surface area contributed by atoms with Crippen molar-refractivity contribution >= 4 is 34.7 Å². The summed E-state index contributed by atoms with van der Waals surface area (Å²) in [4.78, 5) is 11.8. The second-order valence-corrected chi connectivity index (χ2v) is 5.80. The van der Waals surface area contributed by atoms with Crippen LogP contribution in [0.3, 0.4) is 0 Å². The van der Waals surface area contributed by atoms with Gasteiger partial charge < -0.3 is 24.8 Å². The first-order valence-electron chi connectivity index (χ1n) is 8.14. The molecule has 0 amide bonds. The highest BCUT2D eigenvalue weighted by Gasteiger charge is 2.07. The predicted molar refractivity (Wildman–Crippen MR) is 106 cm³/mol. The maximum atomic E-state index is 11.8. The summed E-state index contributed by atoms with van der Waals surface area (Å²) in [6.07, 6.45) is 0.792. The molecule has 0 saturated carbocycles. The Balaban J connectivity index is 1.98. The van der Waals surface area contributed by atoms with E-state index >= 15 is 0 Å². The molecule has 0 fully saturated rings. The van der Waals surface area contributed by atoms with Gasteiger partial charge in [0.25, 0.3) is 0 Å². The smallest absolute Gasteiger partial charge is 0.338 e. The van der Waals surface area contributed by atoms with Crippen LogP contribution in [0.25, 0.3) is 0 Å². The number of rotatable bonds is 7. The van der Waals surface area contributed by atoms with Crippen LogP contribution in [0, 0.1) is 0 Å². The van der Waals surface area contributed by atoms with Gasteiger partial charge in [-0.25, -0.2) is 4.79 Å². The van der Waals surface area contributed by atoms with Gasteiger partial charge in [0.1, 0.15) is 11.5 Å². The molecule has 0 aromatic heterocycles. The minimum absolute atomic E-state index is 0.331. The van der Waals surface area contributed by atoms with Crippen LogP contribution in [0.15, 0.2) is 42.5 Å². The van der Waals surface area contributed by atoms with Crippen molar-refractivity contribution in [3.05, 3.63) is 48.0 Å². The molecule has 2 aromatic carbocycles. The SMILES string of the molecule is CCCOC(=O)c1ccc(NC(=S)Nc2cc(OC)cc(OC)c2)cc1. The van der Waals surface area contributed by atoms with Crippen molar-refractivity contribution in [3.63, 3.8) is 0 Å². The third-order valence-corrected chi connectivity index (χ3v) is 3.63. The fourth-order valence-corrected chi connectivity index (χ4v) is 2.38. The number of hydrogen-bond donors (Lipinski definition) is 2. The number of carbonyl (C=O) groups is 1. The molecule has 0 radical (unpaired) electrons. The fraction of sp³-hybridized carbons (Fsp3) is 0.263. The molecular formula is C19H22N2O4S. The van der Waals surface area contributed by atoms with Crippen LogP contribution >= 0.6 is 12.2 Å². The van der Waals surface area contributed by atoms with Crippen molar-refractivity contribution in [1.82, 2.24) is 0 Å². The van der Waals surface area contributed by atoms with Crippen molar-refractivity contribution in [2.24, 2.45) is 0 Å². The topological polar surface area (TPSA) is 68.8 Å². The van der Waals surface area contributed by atoms with Crippen molar-refractivity contribution in [3.8, 4) is 11.5 Å². The zero-order valence-electron chi connectivity index (χ0n) is 15.0. The van der Waals surface area contributed by atoms with E-state index in [1.54, 1.807) is 44.6 Å². The standard InChI is InChI=1S/C19H22N2O4S/c1-4-9-25-18(22)13-5-7-14(8-6-13)20-19(26)21-15-10-16(23-2)12-17(11-15)24-3/h5-8,10-12H,4,9H2,1-3H3,(H2,20,21,26). The molecule has 0 heterocycles. The first-order valence-corrected chi connectivity index (χ1v) is 8.54. The highest BCUT2D eigenvalue weighted by molar-refractivity contribution is 7.80. The molecule has 138 valence electrons. The van der Waals surface area contributed by atoms with Crippen LogP contribution < -0.4 is 20.1 Å². The number of thiocarbonyl (C=S) groups is 1. The first-order chi connectivity index (χ1) is 12.5. The number of carbonyl (C=O) groups excluding carboxylic acids is 1. The number of benzene rings is 2. The zero-order valence-corrected chi connectivity index (χ0v) is 15.8. The molecule has 0 spiro atoms. The van der Waals surface area contributed by atoms with Gasteiger partial charge in [-0.2, -0.15) is 0 Å². The van der Waals surface area contributed by atoms with Crippen LogP contribution in [-0.4, -0.2) is 31.9 Å². The van der Waals surface area contributed by atoms with Crippen molar-refractivity contribution < 1.29 is 19.0 Å². The summed E-state index contributed by atoms with van der Waals surface area (Å²) >= 11 is 5.32. The van der Waals surface area contributed by atoms with E-state index in [2.05, 4.69) is 10.6 Å². The zero-order chi connectivity index (χ0) is 18.9. The maximum Gasteiger partial charge on any atom is 0.338 e. The largest absolute Gasteiger partial charge is 0.497 e. The van der Waals surface area contributed by atoms with Gasteiger partial charge >= 0.3 is 5.97 Å². The predicted octanol–water partition coefficient (Wildman–Crippen LogP) is 4.08. The minimum Gasteiger partial charge on any atom is -0.497 e. The Morgan fingerprint density at radius 2 is 1.54 bits per heavy atom. The summed E-state index contributed by atoms with van der Waals surface area (Å²) in [6.45, 7) is 2.36. The second-order valence-electron chi connectivity index (χ2n) is 5.39. The summed E-state index contributed by atoms with van der Waals surface area (Å²) in [5.74, 6) is 0.983. The lowest BCUT2D eigenvalue weighted by Gasteiger charge is -2.13. The Bertz CT molecular complexity index is 740. The molecular weight excluding hydrogens is 352 g/mol. The average molecular weight is 374 g/mol. The quantitative estimate of drug-likeness (QED) is 0.559. The molecule has 7 heteroatoms. The molecule has 2 aromatic rings. The number of hydrogen-bond acceptors (Lipinski definition) is 5. The van der Waals surface area contributed by atoms with E-state index in [4.69, 9.17) is 26.4 Å². The second kappa shape index (κ2) is 9.62. The monoisotopic (exact) mass is 374 g/mol. The minimum atomic E-state index is -0.331. The van der Waals surface area contributed by atoms with Crippen LogP contribution in [0.5, 0.6) is 11.5 Å². The molecule has 0 saturated heterocycles. The van der Waals surface area contributed by atoms with Gasteiger partial charge in [-0.05, 0) is 42.9 Å². The number of ether oxygens (including phenoxy) is 3. The summed E-state index contributed by atoms with van der Waals surface area (Å²) in [5, 5.41) is 6.54. The van der Waals surface area contributed by atoms with Gasteiger partial charge in [-0.3, -0.25) is 0 Å². The van der Waals surface area contributed by atoms with Crippen molar-refractivity contribution in [2.75, 3.05) is 31.5 Å². The van der Waals surface area contributed by atoms with Crippen LogP contribution in [-0.2, 0) is 4.74 Å². The van der Waals surface area contributed by atoms with Gasteiger partial charge in [-0.1, -0.05) is 6.92 Å². The van der Waals surface area contributed by atoms with Crippen LogP contribution in [0.4, 0.5) is 11.4 Å². The summed E-state index contributed by atoms with van der Waals surface area (Å²) in [7, 11) is 3.17. The number of anilines is 2. The molecule has 0 aliphatic carbocycles. The third-order valence-electron chi connectivity index (χ3n) is 3.43. The van der Waals surface area contributed by atoms with E-state index in [9.17, 15) is 4.79 Å². The van der Waals surface area contributed by atoms with Crippen LogP contribution in [0.1, 0.15) is 23.7 Å². The lowest BCUT2D eigenvalue weighted by molar-refractivity contribution is 0.0505. The molecule has 2 N–H and O–H groups in total. The number of nitrogens with one attached hydrogen (secondary N) is 2. The molecule has 0 unspecified atom stereocenters. The van der Waals surface area contributed by atoms with Crippen LogP contribution in [0.2, 0.25) is 0 Å². The summed E-state index contributed by atoms with van der Waals surface area (Å²) in [5.41, 5.74) is 1.99. The summed E-state index contributed by atoms with van der Waals surface area (Å²) < 4.78 is 15.6. The summed E-state index contributed by atoms with van der Waals surface area (Å²) in [6, 6.07) is 12.3. The van der Waals surface area contributed by atoms with Crippen molar-refractivity contribution in [2.45, 2.75) is 13.3 Å². The van der Waals surface area contributed by atoms with E-state index in [-0.39, 0.29) is 5.97 Å². The molecule has 0 aliphatic rings. The Morgan fingerprint density at radius 1 is 0.962 bits per heavy atom. The maximum absolute atomic E-state index is 11.8. The van der Waals surface area contributed by atoms with E-state index < -0.39 is 0 Å². The van der Waals surface area contributed by atoms with Gasteiger partial charge in [0.2, 0.25) is 0 Å². The third kappa shape index (κ3) is 5.63. The number of methoxy groups -OCH3 is 2. The molecule has 0 atom stereocenters. The highest BCUT2D eigenvalue weighted by Crippen LogP contribution is 2.26. The van der Waals surface area contributed by atoms with E-state index in [0.717, 1.165) is 17.8 Å². The van der Waals surface area contributed by atoms with E-state index in [0.29, 0.717) is 28.8 Å². The normalized spacial score (nSPS) is 9.96. The van der Waals surface area contributed by atoms with Gasteiger partial charge in [0.15, 0.2) is 5.11 Å². The Hall–Kier alpha value is -2.80. The van der Waals surface area contributed by atoms with Gasteiger partial charge in [0, 0.05) is 29.6 Å². The van der Waals surface area contributed by atoms with Crippen molar-refractivity contribution in [1.29, 1.82) is 0 Å². The molecule has 2 rings (SSSR count). The molecule has 0 aliphatic heterocycles. The Labute approximate surface area is 158 Å². The number of esters is 1. The average Bonchev–Trinajstić information content (AvgIpc) is 2.66. The Kier molecular flexibility index (Phi) is 7.23. The highest BCUT2D eigenvalue weighted by atomic mass is 32.1. The lowest BCUT2D eigenvalue weighted by atomic mass is 10.2. The van der Waals surface area contributed by atoms with E-state index in [1.165, 1.54) is 0 Å². The van der Waals surface area contributed by atoms with E-state index in [1.807, 2.05) is 19.1 Å². The molecule has 26 heavy (non-hydrogen) atoms. The first kappa shape index (κ1) is 19.5. The van der Waals surface area contributed by atoms with Gasteiger partial charge in [0.05, 0.1) is 26.4 Å². The Morgan fingerprint density at radius 3 is 2.08 bits per heavy atom.